The molecular formula is C13H27NO2S. The summed E-state index contributed by atoms with van der Waals surface area (Å²) in [5.41, 5.74) is 0. The van der Waals surface area contributed by atoms with Gasteiger partial charge in [0, 0.05) is 11.8 Å². The summed E-state index contributed by atoms with van der Waals surface area (Å²) in [6, 6.07) is 0.623. The molecule has 2 atom stereocenters. The van der Waals surface area contributed by atoms with Crippen LogP contribution in [0, 0.1) is 5.92 Å². The Morgan fingerprint density at radius 3 is 2.53 bits per heavy atom. The van der Waals surface area contributed by atoms with Gasteiger partial charge in [-0.2, -0.15) is 0 Å². The minimum absolute atomic E-state index is 0.286. The van der Waals surface area contributed by atoms with Crippen LogP contribution in [0.15, 0.2) is 0 Å². The van der Waals surface area contributed by atoms with Crippen LogP contribution < -0.4 is 5.32 Å². The molecule has 0 radical (unpaired) electrons. The van der Waals surface area contributed by atoms with Gasteiger partial charge in [-0.05, 0) is 38.1 Å². The van der Waals surface area contributed by atoms with Crippen LogP contribution in [-0.4, -0.2) is 32.5 Å². The number of hydrogen-bond acceptors (Lipinski definition) is 3. The molecule has 1 rings (SSSR count). The molecule has 1 N–H and O–H groups in total. The summed E-state index contributed by atoms with van der Waals surface area (Å²) in [6.45, 7) is 4.90. The van der Waals surface area contributed by atoms with Crippen molar-refractivity contribution in [2.45, 2.75) is 58.4 Å². The molecule has 3 nitrogen and oxygen atoms in total. The first-order valence-corrected chi connectivity index (χ1v) is 8.85. The molecule has 4 heteroatoms. The van der Waals surface area contributed by atoms with Gasteiger partial charge in [-0.3, -0.25) is 0 Å². The number of hydrogen-bond donors (Lipinski definition) is 1. The Labute approximate surface area is 106 Å². The van der Waals surface area contributed by atoms with Crippen LogP contribution in [-0.2, 0) is 9.84 Å². The van der Waals surface area contributed by atoms with E-state index in [1.807, 2.05) is 0 Å². The molecule has 0 aromatic rings. The SMILES string of the molecule is CCNC1CCCCC1CCCS(=O)(=O)CC. The molecule has 0 heterocycles. The van der Waals surface area contributed by atoms with Crippen LogP contribution in [0.1, 0.15) is 52.4 Å². The van der Waals surface area contributed by atoms with Gasteiger partial charge >= 0.3 is 0 Å². The minimum Gasteiger partial charge on any atom is -0.314 e. The van der Waals surface area contributed by atoms with Gasteiger partial charge < -0.3 is 5.32 Å². The molecule has 17 heavy (non-hydrogen) atoms. The van der Waals surface area contributed by atoms with E-state index in [1.165, 1.54) is 25.7 Å². The minimum atomic E-state index is -2.77. The van der Waals surface area contributed by atoms with Crippen LogP contribution in [0.5, 0.6) is 0 Å². The van der Waals surface area contributed by atoms with Crippen molar-refractivity contribution in [2.24, 2.45) is 5.92 Å². The second kappa shape index (κ2) is 7.37. The molecule has 1 aliphatic rings. The predicted octanol–water partition coefficient (Wildman–Crippen LogP) is 2.37. The van der Waals surface area contributed by atoms with Gasteiger partial charge in [0.25, 0.3) is 0 Å². The average molecular weight is 261 g/mol. The normalized spacial score (nSPS) is 26.0. The standard InChI is InChI=1S/C13H27NO2S/c1-3-14-13-10-6-5-8-12(13)9-7-11-17(15,16)4-2/h12-14H,3-11H2,1-2H3. The number of nitrogens with one attached hydrogen (secondary N) is 1. The first-order chi connectivity index (χ1) is 8.09. The smallest absolute Gasteiger partial charge is 0.150 e. The highest BCUT2D eigenvalue weighted by molar-refractivity contribution is 7.91. The lowest BCUT2D eigenvalue weighted by Crippen LogP contribution is -2.38. The van der Waals surface area contributed by atoms with Gasteiger partial charge in [-0.25, -0.2) is 8.42 Å². The Bertz CT molecular complexity index is 299. The zero-order valence-corrected chi connectivity index (χ0v) is 12.1. The van der Waals surface area contributed by atoms with Crippen molar-refractivity contribution in [1.82, 2.24) is 5.32 Å². The van der Waals surface area contributed by atoms with Crippen LogP contribution in [0.4, 0.5) is 0 Å². The first kappa shape index (κ1) is 15.0. The van der Waals surface area contributed by atoms with Crippen molar-refractivity contribution in [1.29, 1.82) is 0 Å². The molecular weight excluding hydrogens is 234 g/mol. The van der Waals surface area contributed by atoms with Crippen molar-refractivity contribution in [3.05, 3.63) is 0 Å². The summed E-state index contributed by atoms with van der Waals surface area (Å²) in [7, 11) is -2.77. The Balaban J connectivity index is 2.33. The third-order valence-corrected chi connectivity index (χ3v) is 5.64. The molecule has 1 fully saturated rings. The second-order valence-electron chi connectivity index (χ2n) is 5.09. The largest absolute Gasteiger partial charge is 0.314 e. The predicted molar refractivity (Wildman–Crippen MR) is 73.0 cm³/mol. The number of rotatable bonds is 7. The molecule has 1 aliphatic carbocycles. The Kier molecular flexibility index (Phi) is 6.49. The fourth-order valence-electron chi connectivity index (χ4n) is 2.79. The van der Waals surface area contributed by atoms with E-state index in [2.05, 4.69) is 12.2 Å². The van der Waals surface area contributed by atoms with Crippen molar-refractivity contribution in [2.75, 3.05) is 18.1 Å². The van der Waals surface area contributed by atoms with Crippen LogP contribution in [0.3, 0.4) is 0 Å². The van der Waals surface area contributed by atoms with E-state index in [0.717, 1.165) is 19.4 Å². The van der Waals surface area contributed by atoms with E-state index >= 15 is 0 Å². The summed E-state index contributed by atoms with van der Waals surface area (Å²) in [4.78, 5) is 0. The van der Waals surface area contributed by atoms with Crippen molar-refractivity contribution < 1.29 is 8.42 Å². The average Bonchev–Trinajstić information content (AvgIpc) is 2.31. The molecule has 0 spiro atoms. The van der Waals surface area contributed by atoms with Crippen molar-refractivity contribution >= 4 is 9.84 Å². The lowest BCUT2D eigenvalue weighted by molar-refractivity contribution is 0.251. The van der Waals surface area contributed by atoms with E-state index < -0.39 is 9.84 Å². The fraction of sp³-hybridized carbons (Fsp3) is 1.00. The zero-order valence-electron chi connectivity index (χ0n) is 11.2. The molecule has 0 aliphatic heterocycles. The molecule has 102 valence electrons. The summed E-state index contributed by atoms with van der Waals surface area (Å²) < 4.78 is 22.9. The molecule has 0 aromatic heterocycles. The van der Waals surface area contributed by atoms with E-state index in [-0.39, 0.29) is 5.75 Å². The van der Waals surface area contributed by atoms with E-state index in [0.29, 0.717) is 17.7 Å². The quantitative estimate of drug-likeness (QED) is 0.765. The summed E-state index contributed by atoms with van der Waals surface area (Å²) in [5.74, 6) is 1.35. The third-order valence-electron chi connectivity index (χ3n) is 3.85. The van der Waals surface area contributed by atoms with Crippen molar-refractivity contribution in [3.8, 4) is 0 Å². The Morgan fingerprint density at radius 1 is 1.18 bits per heavy atom. The monoisotopic (exact) mass is 261 g/mol. The number of sulfone groups is 1. The highest BCUT2D eigenvalue weighted by atomic mass is 32.2. The van der Waals surface area contributed by atoms with Gasteiger partial charge in [0.15, 0.2) is 0 Å². The fourth-order valence-corrected chi connectivity index (χ4v) is 3.69. The molecule has 0 saturated heterocycles. The van der Waals surface area contributed by atoms with Crippen LogP contribution >= 0.6 is 0 Å². The Hall–Kier alpha value is -0.0900. The summed E-state index contributed by atoms with van der Waals surface area (Å²) in [5, 5.41) is 3.55. The van der Waals surface area contributed by atoms with Crippen LogP contribution in [0.2, 0.25) is 0 Å². The molecule has 2 unspecified atom stereocenters. The van der Waals surface area contributed by atoms with Gasteiger partial charge in [0.1, 0.15) is 9.84 Å². The topological polar surface area (TPSA) is 46.2 Å². The van der Waals surface area contributed by atoms with Crippen LogP contribution in [0.25, 0.3) is 0 Å². The van der Waals surface area contributed by atoms with Gasteiger partial charge in [0.05, 0.1) is 5.75 Å². The summed E-state index contributed by atoms with van der Waals surface area (Å²) in [6.07, 6.45) is 7.07. The van der Waals surface area contributed by atoms with E-state index in [1.54, 1.807) is 6.92 Å². The van der Waals surface area contributed by atoms with Crippen molar-refractivity contribution in [3.63, 3.8) is 0 Å². The molecule has 0 bridgehead atoms. The van der Waals surface area contributed by atoms with E-state index in [4.69, 9.17) is 0 Å². The highest BCUT2D eigenvalue weighted by Gasteiger charge is 2.24. The molecule has 0 aromatic carbocycles. The lowest BCUT2D eigenvalue weighted by Gasteiger charge is -2.32. The lowest BCUT2D eigenvalue weighted by atomic mass is 9.82. The molecule has 1 saturated carbocycles. The second-order valence-corrected chi connectivity index (χ2v) is 7.56. The third kappa shape index (κ3) is 5.38. The highest BCUT2D eigenvalue weighted by Crippen LogP contribution is 2.28. The van der Waals surface area contributed by atoms with E-state index in [9.17, 15) is 8.42 Å². The summed E-state index contributed by atoms with van der Waals surface area (Å²) >= 11 is 0. The molecule has 0 amide bonds. The zero-order chi connectivity index (χ0) is 12.7. The maximum absolute atomic E-state index is 11.4. The maximum atomic E-state index is 11.4. The first-order valence-electron chi connectivity index (χ1n) is 7.03. The van der Waals surface area contributed by atoms with Gasteiger partial charge in [0.2, 0.25) is 0 Å². The maximum Gasteiger partial charge on any atom is 0.150 e. The van der Waals surface area contributed by atoms with Gasteiger partial charge in [-0.1, -0.05) is 26.7 Å². The Morgan fingerprint density at radius 2 is 1.88 bits per heavy atom. The van der Waals surface area contributed by atoms with Gasteiger partial charge in [-0.15, -0.1) is 0 Å².